The molecule has 0 fully saturated rings. The van der Waals surface area contributed by atoms with Gasteiger partial charge in [-0.1, -0.05) is 12.1 Å². The molecule has 0 bridgehead atoms. The first-order valence-electron chi connectivity index (χ1n) is 4.42. The lowest BCUT2D eigenvalue weighted by atomic mass is 10.0. The largest absolute Gasteiger partial charge is 0.464 e. The number of hydrogen-bond acceptors (Lipinski definition) is 2. The molecule has 1 aromatic carbocycles. The van der Waals surface area contributed by atoms with Crippen LogP contribution in [0.3, 0.4) is 0 Å². The van der Waals surface area contributed by atoms with Gasteiger partial charge in [0.1, 0.15) is 5.58 Å². The Bertz CT molecular complexity index is 429. The van der Waals surface area contributed by atoms with Crippen molar-refractivity contribution >= 4 is 11.0 Å². The van der Waals surface area contributed by atoms with E-state index < -0.39 is 0 Å². The molecular formula is C11H13NO. The fourth-order valence-electron chi connectivity index (χ4n) is 1.63. The van der Waals surface area contributed by atoms with Crippen LogP contribution in [0.1, 0.15) is 24.1 Å². The predicted molar refractivity (Wildman–Crippen MR) is 53.6 cm³/mol. The lowest BCUT2D eigenvalue weighted by Crippen LogP contribution is -2.03. The first-order chi connectivity index (χ1) is 6.20. The van der Waals surface area contributed by atoms with Crippen molar-refractivity contribution < 1.29 is 4.42 Å². The van der Waals surface area contributed by atoms with Crippen LogP contribution in [-0.2, 0) is 0 Å². The molecule has 1 heterocycles. The summed E-state index contributed by atoms with van der Waals surface area (Å²) in [6.45, 7) is 4.04. The van der Waals surface area contributed by atoms with Gasteiger partial charge in [0.2, 0.25) is 0 Å². The number of fused-ring (bicyclic) bond motifs is 1. The lowest BCUT2D eigenvalue weighted by Gasteiger charge is -2.02. The Labute approximate surface area is 77.3 Å². The van der Waals surface area contributed by atoms with Crippen molar-refractivity contribution in [1.82, 2.24) is 0 Å². The van der Waals surface area contributed by atoms with Crippen LogP contribution in [0.5, 0.6) is 0 Å². The molecule has 1 aromatic heterocycles. The molecule has 0 aliphatic heterocycles. The fraction of sp³-hybridized carbons (Fsp3) is 0.273. The number of furan rings is 1. The summed E-state index contributed by atoms with van der Waals surface area (Å²) in [6.07, 6.45) is 1.75. The monoisotopic (exact) mass is 175 g/mol. The lowest BCUT2D eigenvalue weighted by molar-refractivity contribution is 0.605. The predicted octanol–water partition coefficient (Wildman–Crippen LogP) is 2.76. The second-order valence-corrected chi connectivity index (χ2v) is 3.43. The van der Waals surface area contributed by atoms with E-state index in [1.807, 2.05) is 19.1 Å². The summed E-state index contributed by atoms with van der Waals surface area (Å²) >= 11 is 0. The van der Waals surface area contributed by atoms with E-state index in [9.17, 15) is 0 Å². The number of rotatable bonds is 1. The van der Waals surface area contributed by atoms with Crippen LogP contribution in [0, 0.1) is 6.92 Å². The Balaban J connectivity index is 2.79. The molecule has 2 nitrogen and oxygen atoms in total. The van der Waals surface area contributed by atoms with E-state index in [0.717, 1.165) is 16.5 Å². The molecule has 0 amide bonds. The van der Waals surface area contributed by atoms with E-state index in [1.54, 1.807) is 6.26 Å². The van der Waals surface area contributed by atoms with E-state index in [-0.39, 0.29) is 6.04 Å². The molecule has 0 radical (unpaired) electrons. The summed E-state index contributed by atoms with van der Waals surface area (Å²) in [4.78, 5) is 0. The van der Waals surface area contributed by atoms with Gasteiger partial charge in [0, 0.05) is 17.0 Å². The zero-order valence-electron chi connectivity index (χ0n) is 7.87. The summed E-state index contributed by atoms with van der Waals surface area (Å²) < 4.78 is 5.41. The summed E-state index contributed by atoms with van der Waals surface area (Å²) in [5.74, 6) is 0. The van der Waals surface area contributed by atoms with Crippen LogP contribution in [0.25, 0.3) is 11.0 Å². The SMILES string of the molecule is Cc1cccc2occ(C(C)N)c12. The summed E-state index contributed by atoms with van der Waals surface area (Å²) in [6, 6.07) is 6.06. The van der Waals surface area contributed by atoms with Gasteiger partial charge in [-0.05, 0) is 25.5 Å². The van der Waals surface area contributed by atoms with Crippen LogP contribution >= 0.6 is 0 Å². The topological polar surface area (TPSA) is 39.2 Å². The summed E-state index contributed by atoms with van der Waals surface area (Å²) in [7, 11) is 0. The summed E-state index contributed by atoms with van der Waals surface area (Å²) in [5, 5.41) is 1.16. The minimum atomic E-state index is 0.0300. The Morgan fingerprint density at radius 3 is 2.85 bits per heavy atom. The molecule has 2 aromatic rings. The van der Waals surface area contributed by atoms with Crippen molar-refractivity contribution in [3.63, 3.8) is 0 Å². The second-order valence-electron chi connectivity index (χ2n) is 3.43. The highest BCUT2D eigenvalue weighted by Gasteiger charge is 2.10. The molecule has 2 rings (SSSR count). The van der Waals surface area contributed by atoms with Crippen LogP contribution in [0.2, 0.25) is 0 Å². The Morgan fingerprint density at radius 1 is 1.38 bits per heavy atom. The molecular weight excluding hydrogens is 162 g/mol. The molecule has 0 saturated heterocycles. The maximum absolute atomic E-state index is 5.83. The molecule has 0 aliphatic carbocycles. The van der Waals surface area contributed by atoms with Gasteiger partial charge in [-0.3, -0.25) is 0 Å². The van der Waals surface area contributed by atoms with E-state index >= 15 is 0 Å². The highest BCUT2D eigenvalue weighted by atomic mass is 16.3. The van der Waals surface area contributed by atoms with Gasteiger partial charge in [-0.25, -0.2) is 0 Å². The van der Waals surface area contributed by atoms with Gasteiger partial charge in [-0.2, -0.15) is 0 Å². The van der Waals surface area contributed by atoms with Gasteiger partial charge >= 0.3 is 0 Å². The molecule has 0 saturated carbocycles. The third kappa shape index (κ3) is 1.23. The molecule has 13 heavy (non-hydrogen) atoms. The van der Waals surface area contributed by atoms with Crippen LogP contribution in [-0.4, -0.2) is 0 Å². The smallest absolute Gasteiger partial charge is 0.134 e. The van der Waals surface area contributed by atoms with Crippen molar-refractivity contribution in [2.75, 3.05) is 0 Å². The van der Waals surface area contributed by atoms with Gasteiger partial charge in [-0.15, -0.1) is 0 Å². The van der Waals surface area contributed by atoms with Gasteiger partial charge < -0.3 is 10.2 Å². The zero-order chi connectivity index (χ0) is 9.42. The van der Waals surface area contributed by atoms with E-state index in [1.165, 1.54) is 5.56 Å². The summed E-state index contributed by atoms with van der Waals surface area (Å²) in [5.41, 5.74) is 9.07. The van der Waals surface area contributed by atoms with Crippen molar-refractivity contribution in [1.29, 1.82) is 0 Å². The minimum absolute atomic E-state index is 0.0300. The molecule has 1 atom stereocenters. The van der Waals surface area contributed by atoms with E-state index in [4.69, 9.17) is 10.2 Å². The Morgan fingerprint density at radius 2 is 2.15 bits per heavy atom. The van der Waals surface area contributed by atoms with Crippen LogP contribution in [0.15, 0.2) is 28.9 Å². The zero-order valence-corrected chi connectivity index (χ0v) is 7.87. The first kappa shape index (κ1) is 8.32. The Hall–Kier alpha value is -1.28. The Kier molecular flexibility index (Phi) is 1.85. The molecule has 2 heteroatoms. The fourth-order valence-corrected chi connectivity index (χ4v) is 1.63. The van der Waals surface area contributed by atoms with Crippen molar-refractivity contribution in [3.05, 3.63) is 35.6 Å². The molecule has 68 valence electrons. The van der Waals surface area contributed by atoms with Gasteiger partial charge in [0.15, 0.2) is 0 Å². The average Bonchev–Trinajstić information content (AvgIpc) is 2.49. The second kappa shape index (κ2) is 2.89. The first-order valence-corrected chi connectivity index (χ1v) is 4.42. The number of nitrogens with two attached hydrogens (primary N) is 1. The maximum Gasteiger partial charge on any atom is 0.134 e. The van der Waals surface area contributed by atoms with E-state index in [0.29, 0.717) is 0 Å². The van der Waals surface area contributed by atoms with Crippen LogP contribution < -0.4 is 5.73 Å². The quantitative estimate of drug-likeness (QED) is 0.723. The van der Waals surface area contributed by atoms with Gasteiger partial charge in [0.25, 0.3) is 0 Å². The van der Waals surface area contributed by atoms with Crippen molar-refractivity contribution in [2.24, 2.45) is 5.73 Å². The molecule has 0 aliphatic rings. The maximum atomic E-state index is 5.83. The van der Waals surface area contributed by atoms with E-state index in [2.05, 4.69) is 13.0 Å². The van der Waals surface area contributed by atoms with Gasteiger partial charge in [0.05, 0.1) is 6.26 Å². The number of hydrogen-bond donors (Lipinski definition) is 1. The molecule has 2 N–H and O–H groups in total. The third-order valence-corrected chi connectivity index (χ3v) is 2.33. The highest BCUT2D eigenvalue weighted by Crippen LogP contribution is 2.27. The van der Waals surface area contributed by atoms with Crippen LogP contribution in [0.4, 0.5) is 0 Å². The van der Waals surface area contributed by atoms with Crippen molar-refractivity contribution in [3.8, 4) is 0 Å². The normalized spacial score (nSPS) is 13.5. The standard InChI is InChI=1S/C11H13NO/c1-7-4-3-5-10-11(7)9(6-13-10)8(2)12/h3-6,8H,12H2,1-2H3. The highest BCUT2D eigenvalue weighted by molar-refractivity contribution is 5.84. The average molecular weight is 175 g/mol. The molecule has 1 unspecified atom stereocenters. The minimum Gasteiger partial charge on any atom is -0.464 e. The number of aryl methyl sites for hydroxylation is 1. The number of benzene rings is 1. The van der Waals surface area contributed by atoms with Crippen molar-refractivity contribution in [2.45, 2.75) is 19.9 Å². The molecule has 0 spiro atoms. The third-order valence-electron chi connectivity index (χ3n) is 2.33.